The molecule has 0 bridgehead atoms. The summed E-state index contributed by atoms with van der Waals surface area (Å²) >= 11 is 0. The van der Waals surface area contributed by atoms with Crippen molar-refractivity contribution < 1.29 is 24.6 Å². The Kier molecular flexibility index (Phi) is 32.0. The summed E-state index contributed by atoms with van der Waals surface area (Å²) in [6.45, 7) is 4.15. The summed E-state index contributed by atoms with van der Waals surface area (Å²) in [7, 11) is 4.14. The first kappa shape index (κ1) is 38.5. The van der Waals surface area contributed by atoms with E-state index in [0.29, 0.717) is 6.42 Å². The Hall–Kier alpha value is -1.63. The minimum absolute atomic E-state index is 0.237. The molecule has 0 saturated heterocycles. The zero-order chi connectivity index (χ0) is 28.7. The van der Waals surface area contributed by atoms with Crippen LogP contribution >= 0.6 is 0 Å². The average Bonchev–Trinajstić information content (AvgIpc) is 2.87. The summed E-state index contributed by atoms with van der Waals surface area (Å²) < 4.78 is 0. The Bertz CT molecular complexity index is 526. The molecule has 0 aromatic carbocycles. The monoisotopic (exact) mass is 542 g/mol. The van der Waals surface area contributed by atoms with E-state index in [1.54, 1.807) is 0 Å². The molecule has 0 radical (unpaired) electrons. The quantitative estimate of drug-likeness (QED) is 0.0914. The second-order valence-corrected chi connectivity index (χ2v) is 10.9. The fourth-order valence-corrected chi connectivity index (χ4v) is 4.29. The van der Waals surface area contributed by atoms with Gasteiger partial charge in [0.05, 0.1) is 12.8 Å². The van der Waals surface area contributed by atoms with Crippen LogP contribution in [0.5, 0.6) is 0 Å². The highest BCUT2D eigenvalue weighted by atomic mass is 16.4. The van der Waals surface area contributed by atoms with Gasteiger partial charge >= 0.3 is 11.9 Å². The fraction of sp³-hybridized carbons (Fsp3) is 0.903. The van der Waals surface area contributed by atoms with Crippen LogP contribution in [-0.4, -0.2) is 60.1 Å². The van der Waals surface area contributed by atoms with E-state index in [2.05, 4.69) is 31.2 Å². The third-order valence-corrected chi connectivity index (χ3v) is 6.66. The van der Waals surface area contributed by atoms with Gasteiger partial charge in [0.1, 0.15) is 0 Å². The molecule has 7 heteroatoms. The summed E-state index contributed by atoms with van der Waals surface area (Å²) in [5, 5.41) is 18.8. The maximum atomic E-state index is 11.7. The van der Waals surface area contributed by atoms with Crippen molar-refractivity contribution in [3.8, 4) is 0 Å². The molecule has 0 aromatic heterocycles. The number of hydrogen-bond acceptors (Lipinski definition) is 4. The molecule has 0 aliphatic carbocycles. The molecule has 7 nitrogen and oxygen atoms in total. The average molecular weight is 543 g/mol. The smallest absolute Gasteiger partial charge is 0.303 e. The first-order chi connectivity index (χ1) is 18.3. The first-order valence-corrected chi connectivity index (χ1v) is 15.6. The van der Waals surface area contributed by atoms with Crippen LogP contribution in [0.2, 0.25) is 0 Å². The van der Waals surface area contributed by atoms with E-state index >= 15 is 0 Å². The van der Waals surface area contributed by atoms with E-state index in [0.717, 1.165) is 25.9 Å². The van der Waals surface area contributed by atoms with E-state index in [9.17, 15) is 14.4 Å². The highest BCUT2D eigenvalue weighted by molar-refractivity contribution is 5.75. The number of aliphatic carboxylic acids is 2. The Balaban J connectivity index is 0. The van der Waals surface area contributed by atoms with E-state index < -0.39 is 11.9 Å². The minimum Gasteiger partial charge on any atom is -0.481 e. The zero-order valence-corrected chi connectivity index (χ0v) is 25.2. The molecule has 1 amide bonds. The van der Waals surface area contributed by atoms with Crippen LogP contribution in [0, 0.1) is 0 Å². The van der Waals surface area contributed by atoms with Crippen molar-refractivity contribution in [3.63, 3.8) is 0 Å². The number of carboxylic acids is 2. The van der Waals surface area contributed by atoms with Crippen LogP contribution in [0.1, 0.15) is 155 Å². The van der Waals surface area contributed by atoms with Gasteiger partial charge in [-0.3, -0.25) is 14.4 Å². The third-order valence-electron chi connectivity index (χ3n) is 6.66. The summed E-state index contributed by atoms with van der Waals surface area (Å²) in [6.07, 6.45) is 27.6. The standard InChI is InChI=1S/C27H56N2O.C4H6O4/c1-4-5-6-7-8-9-10-11-12-13-14-15-16-17-18-19-20-21-22-24-27(30)28-25-23-26-29(2)3;5-3(6)1-2-4(7)8/h4-26H2,1-3H3,(H,28,30);1-2H2,(H,5,6)(H,7,8). The van der Waals surface area contributed by atoms with Crippen LogP contribution in [-0.2, 0) is 14.4 Å². The molecule has 0 unspecified atom stereocenters. The molecule has 38 heavy (non-hydrogen) atoms. The highest BCUT2D eigenvalue weighted by Gasteiger charge is 2.01. The van der Waals surface area contributed by atoms with Gasteiger partial charge in [0, 0.05) is 13.0 Å². The molecule has 0 rings (SSSR count). The van der Waals surface area contributed by atoms with Crippen LogP contribution < -0.4 is 5.32 Å². The van der Waals surface area contributed by atoms with E-state index in [1.807, 2.05) is 0 Å². The van der Waals surface area contributed by atoms with Gasteiger partial charge < -0.3 is 20.4 Å². The van der Waals surface area contributed by atoms with Crippen molar-refractivity contribution in [2.75, 3.05) is 27.2 Å². The minimum atomic E-state index is -1.08. The Morgan fingerprint density at radius 2 is 0.868 bits per heavy atom. The second kappa shape index (κ2) is 31.6. The normalized spacial score (nSPS) is 10.7. The number of hydrogen-bond donors (Lipinski definition) is 3. The number of nitrogens with one attached hydrogen (secondary N) is 1. The lowest BCUT2D eigenvalue weighted by atomic mass is 10.0. The Morgan fingerprint density at radius 3 is 1.18 bits per heavy atom. The van der Waals surface area contributed by atoms with Gasteiger partial charge in [-0.15, -0.1) is 0 Å². The largest absolute Gasteiger partial charge is 0.481 e. The number of rotatable bonds is 27. The van der Waals surface area contributed by atoms with Crippen molar-refractivity contribution in [1.29, 1.82) is 0 Å². The van der Waals surface area contributed by atoms with Crippen molar-refractivity contribution in [2.45, 2.75) is 155 Å². The molecule has 0 fully saturated rings. The molecular formula is C31H62N2O5. The van der Waals surface area contributed by atoms with E-state index in [4.69, 9.17) is 10.2 Å². The maximum Gasteiger partial charge on any atom is 0.303 e. The van der Waals surface area contributed by atoms with Gasteiger partial charge in [-0.25, -0.2) is 0 Å². The lowest BCUT2D eigenvalue weighted by molar-refractivity contribution is -0.143. The summed E-state index contributed by atoms with van der Waals surface area (Å²) in [5.41, 5.74) is 0. The molecule has 0 saturated carbocycles. The molecule has 3 N–H and O–H groups in total. The van der Waals surface area contributed by atoms with Gasteiger partial charge in [-0.1, -0.05) is 122 Å². The van der Waals surface area contributed by atoms with E-state index in [-0.39, 0.29) is 18.7 Å². The van der Waals surface area contributed by atoms with Crippen molar-refractivity contribution in [1.82, 2.24) is 10.2 Å². The zero-order valence-electron chi connectivity index (χ0n) is 25.2. The Labute approximate surface area is 234 Å². The summed E-state index contributed by atoms with van der Waals surface area (Å²) in [5.74, 6) is -1.92. The third kappa shape index (κ3) is 38.9. The van der Waals surface area contributed by atoms with Crippen molar-refractivity contribution >= 4 is 17.8 Å². The van der Waals surface area contributed by atoms with Gasteiger partial charge in [-0.05, 0) is 33.5 Å². The summed E-state index contributed by atoms with van der Waals surface area (Å²) in [4.78, 5) is 33.2. The highest BCUT2D eigenvalue weighted by Crippen LogP contribution is 2.14. The van der Waals surface area contributed by atoms with Crippen molar-refractivity contribution in [3.05, 3.63) is 0 Å². The number of nitrogens with zero attached hydrogens (tertiary/aromatic N) is 1. The van der Waals surface area contributed by atoms with Gasteiger partial charge in [0.2, 0.25) is 5.91 Å². The molecule has 0 aliphatic heterocycles. The molecule has 0 atom stereocenters. The van der Waals surface area contributed by atoms with Gasteiger partial charge in [0.25, 0.3) is 0 Å². The van der Waals surface area contributed by atoms with Crippen LogP contribution in [0.15, 0.2) is 0 Å². The number of carbonyl (C=O) groups excluding carboxylic acids is 1. The van der Waals surface area contributed by atoms with E-state index in [1.165, 1.54) is 116 Å². The molecule has 0 aliphatic rings. The number of carbonyl (C=O) groups is 3. The number of carboxylic acid groups (broad SMARTS) is 2. The lowest BCUT2D eigenvalue weighted by Gasteiger charge is -2.09. The molecule has 0 heterocycles. The van der Waals surface area contributed by atoms with Crippen molar-refractivity contribution in [2.24, 2.45) is 0 Å². The van der Waals surface area contributed by atoms with Crippen LogP contribution in [0.25, 0.3) is 0 Å². The molecule has 0 spiro atoms. The Morgan fingerprint density at radius 1 is 0.526 bits per heavy atom. The molecule has 226 valence electrons. The van der Waals surface area contributed by atoms with Crippen LogP contribution in [0.3, 0.4) is 0 Å². The topological polar surface area (TPSA) is 107 Å². The molecule has 0 aromatic rings. The number of amides is 1. The number of unbranched alkanes of at least 4 members (excludes halogenated alkanes) is 18. The lowest BCUT2D eigenvalue weighted by Crippen LogP contribution is -2.26. The summed E-state index contributed by atoms with van der Waals surface area (Å²) in [6, 6.07) is 0. The predicted octanol–water partition coefficient (Wildman–Crippen LogP) is 7.81. The first-order valence-electron chi connectivity index (χ1n) is 15.6. The van der Waals surface area contributed by atoms with Crippen LogP contribution in [0.4, 0.5) is 0 Å². The SMILES string of the molecule is CCCCCCCCCCCCCCCCCCCCCC(=O)NCCCN(C)C.O=C(O)CCC(=O)O. The van der Waals surface area contributed by atoms with Gasteiger partial charge in [0.15, 0.2) is 0 Å². The fourth-order valence-electron chi connectivity index (χ4n) is 4.29. The second-order valence-electron chi connectivity index (χ2n) is 10.9. The predicted molar refractivity (Wildman–Crippen MR) is 159 cm³/mol. The van der Waals surface area contributed by atoms with Gasteiger partial charge in [-0.2, -0.15) is 0 Å². The maximum absolute atomic E-state index is 11.7. The molecular weight excluding hydrogens is 480 g/mol.